The fourth-order valence-electron chi connectivity index (χ4n) is 3.38. The van der Waals surface area contributed by atoms with Crippen molar-refractivity contribution in [2.75, 3.05) is 26.8 Å². The summed E-state index contributed by atoms with van der Waals surface area (Å²) in [6.07, 6.45) is 5.75. The van der Waals surface area contributed by atoms with Gasteiger partial charge in [0, 0.05) is 30.5 Å². The zero-order valence-corrected chi connectivity index (χ0v) is 11.3. The minimum atomic E-state index is 0.443. The van der Waals surface area contributed by atoms with Crippen LogP contribution in [0.1, 0.15) is 30.6 Å². The van der Waals surface area contributed by atoms with Gasteiger partial charge < -0.3 is 10.1 Å². The van der Waals surface area contributed by atoms with Crippen LogP contribution in [0.15, 0.2) is 17.5 Å². The zero-order chi connectivity index (χ0) is 11.8. The van der Waals surface area contributed by atoms with Gasteiger partial charge in [-0.2, -0.15) is 0 Å². The number of rotatable bonds is 6. The molecule has 2 fully saturated rings. The highest BCUT2D eigenvalue weighted by Gasteiger charge is 2.61. The van der Waals surface area contributed by atoms with Gasteiger partial charge in [-0.25, -0.2) is 0 Å². The molecule has 0 atom stereocenters. The van der Waals surface area contributed by atoms with Crippen molar-refractivity contribution in [2.24, 2.45) is 5.41 Å². The van der Waals surface area contributed by atoms with E-state index in [0.29, 0.717) is 5.41 Å². The summed E-state index contributed by atoms with van der Waals surface area (Å²) in [5.74, 6) is 0. The molecule has 0 radical (unpaired) electrons. The van der Waals surface area contributed by atoms with Crippen molar-refractivity contribution in [3.8, 4) is 0 Å². The number of thiophene rings is 1. The second kappa shape index (κ2) is 4.38. The molecule has 1 heterocycles. The van der Waals surface area contributed by atoms with Crippen molar-refractivity contribution in [3.05, 3.63) is 22.4 Å². The lowest BCUT2D eigenvalue weighted by Gasteiger charge is -2.48. The molecule has 17 heavy (non-hydrogen) atoms. The number of hydrogen-bond donors (Lipinski definition) is 1. The maximum Gasteiger partial charge on any atom is 0.0587 e. The number of methoxy groups -OCH3 is 1. The van der Waals surface area contributed by atoms with Crippen LogP contribution < -0.4 is 5.32 Å². The second-order valence-corrected chi connectivity index (χ2v) is 6.73. The Balaban J connectivity index is 1.62. The van der Waals surface area contributed by atoms with E-state index in [1.165, 1.54) is 25.7 Å². The molecule has 3 heteroatoms. The minimum Gasteiger partial charge on any atom is -0.383 e. The van der Waals surface area contributed by atoms with Gasteiger partial charge in [0.1, 0.15) is 0 Å². The topological polar surface area (TPSA) is 21.3 Å². The zero-order valence-electron chi connectivity index (χ0n) is 10.5. The normalized spacial score (nSPS) is 23.6. The third-order valence-electron chi connectivity index (χ3n) is 4.37. The first-order valence-electron chi connectivity index (χ1n) is 6.52. The predicted octanol–water partition coefficient (Wildman–Crippen LogP) is 2.80. The van der Waals surface area contributed by atoms with Crippen LogP contribution in [0.5, 0.6) is 0 Å². The van der Waals surface area contributed by atoms with E-state index in [4.69, 9.17) is 4.74 Å². The van der Waals surface area contributed by atoms with Gasteiger partial charge in [0.15, 0.2) is 0 Å². The molecule has 1 aromatic rings. The molecule has 1 spiro atoms. The Bertz CT molecular complexity index is 362. The lowest BCUT2D eigenvalue weighted by Crippen LogP contribution is -2.49. The molecule has 0 amide bonds. The van der Waals surface area contributed by atoms with Gasteiger partial charge in [0.2, 0.25) is 0 Å². The van der Waals surface area contributed by atoms with Gasteiger partial charge in [-0.15, -0.1) is 11.3 Å². The summed E-state index contributed by atoms with van der Waals surface area (Å²) in [7, 11) is 1.76. The summed E-state index contributed by atoms with van der Waals surface area (Å²) in [4.78, 5) is 1.58. The van der Waals surface area contributed by atoms with E-state index in [1.54, 1.807) is 12.0 Å². The summed E-state index contributed by atoms with van der Waals surface area (Å²) >= 11 is 1.93. The quantitative estimate of drug-likeness (QED) is 0.785. The van der Waals surface area contributed by atoms with Gasteiger partial charge in [0.05, 0.1) is 6.61 Å². The van der Waals surface area contributed by atoms with Gasteiger partial charge in [-0.05, 0) is 42.5 Å². The third kappa shape index (κ3) is 2.16. The molecule has 0 aliphatic heterocycles. The molecule has 2 aliphatic carbocycles. The van der Waals surface area contributed by atoms with Crippen LogP contribution in [0.25, 0.3) is 0 Å². The number of ether oxygens (including phenoxy) is 1. The fraction of sp³-hybridized carbons (Fsp3) is 0.714. The maximum atomic E-state index is 5.09. The Kier molecular flexibility index (Phi) is 3.01. The summed E-state index contributed by atoms with van der Waals surface area (Å²) in [5, 5.41) is 5.78. The summed E-state index contributed by atoms with van der Waals surface area (Å²) < 4.78 is 5.09. The molecule has 1 N–H and O–H groups in total. The molecule has 2 nitrogen and oxygen atoms in total. The van der Waals surface area contributed by atoms with Crippen LogP contribution in [0.4, 0.5) is 0 Å². The highest BCUT2D eigenvalue weighted by molar-refractivity contribution is 7.10. The van der Waals surface area contributed by atoms with Gasteiger partial charge in [-0.1, -0.05) is 6.07 Å². The first-order chi connectivity index (χ1) is 8.29. The van der Waals surface area contributed by atoms with E-state index >= 15 is 0 Å². The average molecular weight is 251 g/mol. The van der Waals surface area contributed by atoms with Crippen molar-refractivity contribution in [1.82, 2.24) is 5.32 Å². The largest absolute Gasteiger partial charge is 0.383 e. The van der Waals surface area contributed by atoms with Gasteiger partial charge in [-0.3, -0.25) is 0 Å². The first kappa shape index (κ1) is 11.7. The Hall–Kier alpha value is -0.380. The second-order valence-electron chi connectivity index (χ2n) is 5.78. The Morgan fingerprint density at radius 2 is 2.24 bits per heavy atom. The summed E-state index contributed by atoms with van der Waals surface area (Å²) in [5.41, 5.74) is 1.20. The average Bonchev–Trinajstić information content (AvgIpc) is 2.88. The lowest BCUT2D eigenvalue weighted by molar-refractivity contribution is 0.115. The molecule has 0 bridgehead atoms. The molecule has 3 rings (SSSR count). The molecule has 2 saturated carbocycles. The Labute approximate surface area is 107 Å². The van der Waals surface area contributed by atoms with Crippen LogP contribution in [-0.4, -0.2) is 26.8 Å². The van der Waals surface area contributed by atoms with Crippen LogP contribution in [0.3, 0.4) is 0 Å². The fourth-order valence-corrected chi connectivity index (χ4v) is 4.31. The van der Waals surface area contributed by atoms with Crippen molar-refractivity contribution in [2.45, 2.75) is 31.1 Å². The SMILES string of the molecule is COCCNCC1(c2cccs2)CC2(CC2)C1. The van der Waals surface area contributed by atoms with Gasteiger partial charge >= 0.3 is 0 Å². The third-order valence-corrected chi connectivity index (χ3v) is 5.49. The molecule has 1 aromatic heterocycles. The van der Waals surface area contributed by atoms with Crippen molar-refractivity contribution in [3.63, 3.8) is 0 Å². The van der Waals surface area contributed by atoms with Crippen LogP contribution in [0, 0.1) is 5.41 Å². The van der Waals surface area contributed by atoms with Gasteiger partial charge in [0.25, 0.3) is 0 Å². The molecule has 0 unspecified atom stereocenters. The number of nitrogens with one attached hydrogen (secondary N) is 1. The number of hydrogen-bond acceptors (Lipinski definition) is 3. The van der Waals surface area contributed by atoms with Crippen LogP contribution >= 0.6 is 11.3 Å². The monoisotopic (exact) mass is 251 g/mol. The molecule has 2 aliphatic rings. The van der Waals surface area contributed by atoms with Crippen molar-refractivity contribution >= 4 is 11.3 Å². The molecule has 0 aromatic carbocycles. The molecule has 94 valence electrons. The van der Waals surface area contributed by atoms with E-state index in [2.05, 4.69) is 22.8 Å². The van der Waals surface area contributed by atoms with Crippen LogP contribution in [0.2, 0.25) is 0 Å². The van der Waals surface area contributed by atoms with E-state index in [-0.39, 0.29) is 0 Å². The van der Waals surface area contributed by atoms with E-state index in [1.807, 2.05) is 11.3 Å². The van der Waals surface area contributed by atoms with E-state index < -0.39 is 0 Å². The smallest absolute Gasteiger partial charge is 0.0587 e. The highest BCUT2D eigenvalue weighted by atomic mass is 32.1. The van der Waals surface area contributed by atoms with Crippen LogP contribution in [-0.2, 0) is 10.2 Å². The highest BCUT2D eigenvalue weighted by Crippen LogP contribution is 2.69. The maximum absolute atomic E-state index is 5.09. The predicted molar refractivity (Wildman–Crippen MR) is 71.6 cm³/mol. The van der Waals surface area contributed by atoms with Crippen molar-refractivity contribution in [1.29, 1.82) is 0 Å². The Morgan fingerprint density at radius 1 is 1.41 bits per heavy atom. The lowest BCUT2D eigenvalue weighted by atomic mass is 9.58. The molecular formula is C14H21NOS. The standard InChI is InChI=1S/C14H21NOS/c1-16-7-6-15-11-14(12-3-2-8-17-12)9-13(10-14)4-5-13/h2-3,8,15H,4-7,9-11H2,1H3. The Morgan fingerprint density at radius 3 is 2.82 bits per heavy atom. The molecular weight excluding hydrogens is 230 g/mol. The molecule has 0 saturated heterocycles. The van der Waals surface area contributed by atoms with E-state index in [0.717, 1.165) is 25.1 Å². The summed E-state index contributed by atoms with van der Waals surface area (Å²) in [6, 6.07) is 4.51. The summed E-state index contributed by atoms with van der Waals surface area (Å²) in [6.45, 7) is 2.90. The van der Waals surface area contributed by atoms with E-state index in [9.17, 15) is 0 Å². The minimum absolute atomic E-state index is 0.443. The first-order valence-corrected chi connectivity index (χ1v) is 7.40. The van der Waals surface area contributed by atoms with Crippen molar-refractivity contribution < 1.29 is 4.74 Å².